The van der Waals surface area contributed by atoms with Gasteiger partial charge in [-0.2, -0.15) is 0 Å². The second-order valence-corrected chi connectivity index (χ2v) is 9.19. The molecule has 2 heterocycles. The van der Waals surface area contributed by atoms with Crippen LogP contribution in [0.2, 0.25) is 0 Å². The van der Waals surface area contributed by atoms with Crippen molar-refractivity contribution in [1.29, 1.82) is 0 Å². The van der Waals surface area contributed by atoms with Gasteiger partial charge in [-0.3, -0.25) is 9.89 Å². The van der Waals surface area contributed by atoms with Gasteiger partial charge in [0.05, 0.1) is 13.2 Å². The number of piperidine rings is 2. The monoisotopic (exact) mass is 521 g/mol. The Hall–Kier alpha value is -0.120. The molecule has 0 bridgehead atoms. The molecule has 170 valence electrons. The zero-order chi connectivity index (χ0) is 19.8. The van der Waals surface area contributed by atoms with Crippen LogP contribution in [0.15, 0.2) is 4.99 Å². The van der Waals surface area contributed by atoms with Crippen LogP contribution in [0.3, 0.4) is 0 Å². The Morgan fingerprint density at radius 3 is 2.45 bits per heavy atom. The molecule has 0 atom stereocenters. The van der Waals surface area contributed by atoms with E-state index < -0.39 is 0 Å². The number of hydrogen-bond acceptors (Lipinski definition) is 4. The van der Waals surface area contributed by atoms with Gasteiger partial charge < -0.3 is 19.9 Å². The molecule has 0 aromatic carbocycles. The summed E-state index contributed by atoms with van der Waals surface area (Å²) in [5, 5.41) is 3.50. The third-order valence-corrected chi connectivity index (χ3v) is 6.79. The van der Waals surface area contributed by atoms with Gasteiger partial charge in [0.1, 0.15) is 0 Å². The smallest absolute Gasteiger partial charge is 0.193 e. The highest BCUT2D eigenvalue weighted by molar-refractivity contribution is 14.0. The van der Waals surface area contributed by atoms with Crippen LogP contribution in [0.25, 0.3) is 0 Å². The number of aliphatic imine (C=N–C) groups is 1. The van der Waals surface area contributed by atoms with Crippen LogP contribution in [0.4, 0.5) is 0 Å². The number of rotatable bonds is 9. The van der Waals surface area contributed by atoms with E-state index in [4.69, 9.17) is 9.73 Å². The average Bonchev–Trinajstić information content (AvgIpc) is 3.55. The molecule has 2 aliphatic heterocycles. The summed E-state index contributed by atoms with van der Waals surface area (Å²) in [5.41, 5.74) is 0.247. The fraction of sp³-hybridized carbons (Fsp3) is 0.955. The maximum Gasteiger partial charge on any atom is 0.193 e. The lowest BCUT2D eigenvalue weighted by atomic mass is 9.84. The van der Waals surface area contributed by atoms with E-state index in [2.05, 4.69) is 41.0 Å². The van der Waals surface area contributed by atoms with Crippen molar-refractivity contribution in [2.75, 3.05) is 73.1 Å². The summed E-state index contributed by atoms with van der Waals surface area (Å²) in [5.74, 6) is 1.87. The summed E-state index contributed by atoms with van der Waals surface area (Å²) in [7, 11) is 4.40. The quantitative estimate of drug-likeness (QED) is 0.219. The second kappa shape index (κ2) is 12.7. The first-order chi connectivity index (χ1) is 13.6. The molecule has 0 aromatic heterocycles. The fourth-order valence-corrected chi connectivity index (χ4v) is 4.51. The maximum absolute atomic E-state index is 5.84. The number of nitrogens with zero attached hydrogens (tertiary/aromatic N) is 4. The van der Waals surface area contributed by atoms with Gasteiger partial charge >= 0.3 is 0 Å². The first kappa shape index (κ1) is 25.1. The third kappa shape index (κ3) is 7.82. The lowest BCUT2D eigenvalue weighted by Crippen LogP contribution is -2.58. The lowest BCUT2D eigenvalue weighted by Gasteiger charge is -2.49. The Labute approximate surface area is 195 Å². The minimum absolute atomic E-state index is 0. The van der Waals surface area contributed by atoms with Crippen molar-refractivity contribution in [1.82, 2.24) is 20.0 Å². The van der Waals surface area contributed by atoms with Crippen molar-refractivity contribution < 1.29 is 4.74 Å². The standard InChI is InChI=1S/C22H43N5O.HI/c1-4-23-21(26(3)16-17-28-18-20-8-9-20)24-19-22(10-14-25(2)15-11-22)27-12-6-5-7-13-27;/h20H,4-19H2,1-3H3,(H,23,24);1H. The number of guanidine groups is 1. The van der Waals surface area contributed by atoms with Gasteiger partial charge in [0.25, 0.3) is 0 Å². The molecule has 0 spiro atoms. The molecule has 7 heteroatoms. The number of ether oxygens (including phenoxy) is 1. The lowest BCUT2D eigenvalue weighted by molar-refractivity contribution is 0.0206. The van der Waals surface area contributed by atoms with Crippen LogP contribution >= 0.6 is 24.0 Å². The topological polar surface area (TPSA) is 43.3 Å². The normalized spacial score (nSPS) is 23.5. The number of halogens is 1. The molecule has 1 N–H and O–H groups in total. The van der Waals surface area contributed by atoms with Crippen molar-refractivity contribution in [2.45, 2.75) is 57.4 Å². The van der Waals surface area contributed by atoms with Crippen molar-refractivity contribution in [3.63, 3.8) is 0 Å². The molecule has 3 aliphatic rings. The molecule has 1 saturated carbocycles. The maximum atomic E-state index is 5.84. The van der Waals surface area contributed by atoms with E-state index in [1.807, 2.05) is 0 Å². The summed E-state index contributed by atoms with van der Waals surface area (Å²) in [6.07, 6.45) is 9.27. The van der Waals surface area contributed by atoms with Gasteiger partial charge in [0.2, 0.25) is 0 Å². The van der Waals surface area contributed by atoms with E-state index in [1.165, 1.54) is 71.1 Å². The van der Waals surface area contributed by atoms with E-state index in [-0.39, 0.29) is 29.5 Å². The molecule has 1 aliphatic carbocycles. The highest BCUT2D eigenvalue weighted by atomic mass is 127. The fourth-order valence-electron chi connectivity index (χ4n) is 4.51. The third-order valence-electron chi connectivity index (χ3n) is 6.79. The van der Waals surface area contributed by atoms with Gasteiger partial charge in [-0.1, -0.05) is 6.42 Å². The van der Waals surface area contributed by atoms with Crippen LogP contribution in [0.5, 0.6) is 0 Å². The minimum atomic E-state index is 0. The van der Waals surface area contributed by atoms with Crippen LogP contribution in [-0.2, 0) is 4.74 Å². The average molecular weight is 522 g/mol. The van der Waals surface area contributed by atoms with E-state index in [0.717, 1.165) is 44.7 Å². The molecule has 29 heavy (non-hydrogen) atoms. The first-order valence-corrected chi connectivity index (χ1v) is 11.6. The molecule has 0 unspecified atom stereocenters. The molecule has 3 fully saturated rings. The van der Waals surface area contributed by atoms with Crippen molar-refractivity contribution >= 4 is 29.9 Å². The molecule has 2 saturated heterocycles. The van der Waals surface area contributed by atoms with Gasteiger partial charge in [-0.15, -0.1) is 24.0 Å². The van der Waals surface area contributed by atoms with Gasteiger partial charge in [0.15, 0.2) is 5.96 Å². The van der Waals surface area contributed by atoms with E-state index >= 15 is 0 Å². The van der Waals surface area contributed by atoms with E-state index in [0.29, 0.717) is 0 Å². The zero-order valence-electron chi connectivity index (χ0n) is 19.0. The first-order valence-electron chi connectivity index (χ1n) is 11.6. The second-order valence-electron chi connectivity index (χ2n) is 9.19. The summed E-state index contributed by atoms with van der Waals surface area (Å²) in [6, 6.07) is 0. The number of nitrogens with one attached hydrogen (secondary N) is 1. The highest BCUT2D eigenvalue weighted by Crippen LogP contribution is 2.32. The summed E-state index contributed by atoms with van der Waals surface area (Å²) in [6.45, 7) is 11.5. The Bertz CT molecular complexity index is 486. The van der Waals surface area contributed by atoms with Gasteiger partial charge in [-0.05, 0) is 84.6 Å². The van der Waals surface area contributed by atoms with Gasteiger partial charge in [0, 0.05) is 32.3 Å². The Morgan fingerprint density at radius 1 is 1.14 bits per heavy atom. The molecule has 0 radical (unpaired) electrons. The molecule has 0 aromatic rings. The minimum Gasteiger partial charge on any atom is -0.379 e. The van der Waals surface area contributed by atoms with Crippen LogP contribution in [-0.4, -0.2) is 99.3 Å². The zero-order valence-corrected chi connectivity index (χ0v) is 21.3. The van der Waals surface area contributed by atoms with Crippen molar-refractivity contribution in [3.8, 4) is 0 Å². The van der Waals surface area contributed by atoms with Crippen LogP contribution < -0.4 is 5.32 Å². The largest absolute Gasteiger partial charge is 0.379 e. The summed E-state index contributed by atoms with van der Waals surface area (Å²) >= 11 is 0. The molecular formula is C22H44IN5O. The molecule has 3 rings (SSSR count). The molecule has 6 nitrogen and oxygen atoms in total. The predicted octanol–water partition coefficient (Wildman–Crippen LogP) is 2.88. The van der Waals surface area contributed by atoms with Crippen LogP contribution in [0, 0.1) is 5.92 Å². The summed E-state index contributed by atoms with van der Waals surface area (Å²) in [4.78, 5) is 12.6. The molecular weight excluding hydrogens is 477 g/mol. The predicted molar refractivity (Wildman–Crippen MR) is 132 cm³/mol. The van der Waals surface area contributed by atoms with Gasteiger partial charge in [-0.25, -0.2) is 0 Å². The van der Waals surface area contributed by atoms with Crippen molar-refractivity contribution in [3.05, 3.63) is 0 Å². The number of likely N-dealkylation sites (N-methyl/N-ethyl adjacent to an activating group) is 1. The Balaban J connectivity index is 0.00000300. The SMILES string of the molecule is CCNC(=NCC1(N2CCCCC2)CCN(C)CC1)N(C)CCOCC1CC1.I. The molecule has 0 amide bonds. The number of likely N-dealkylation sites (tertiary alicyclic amines) is 2. The number of hydrogen-bond donors (Lipinski definition) is 1. The Kier molecular flexibility index (Phi) is 11.0. The highest BCUT2D eigenvalue weighted by Gasteiger charge is 2.39. The summed E-state index contributed by atoms with van der Waals surface area (Å²) < 4.78 is 5.84. The Morgan fingerprint density at radius 2 is 1.83 bits per heavy atom. The van der Waals surface area contributed by atoms with Crippen molar-refractivity contribution in [2.24, 2.45) is 10.9 Å². The van der Waals surface area contributed by atoms with Crippen LogP contribution in [0.1, 0.15) is 51.9 Å². The van der Waals surface area contributed by atoms with E-state index in [9.17, 15) is 0 Å². The van der Waals surface area contributed by atoms with E-state index in [1.54, 1.807) is 0 Å².